The average molecular weight is 364 g/mol. The summed E-state index contributed by atoms with van der Waals surface area (Å²) in [5.74, 6) is 0.640. The van der Waals surface area contributed by atoms with Crippen molar-refractivity contribution in [2.24, 2.45) is 0 Å². The van der Waals surface area contributed by atoms with Crippen LogP contribution in [0.25, 0.3) is 4.96 Å². The summed E-state index contributed by atoms with van der Waals surface area (Å²) in [6.07, 6.45) is 7.36. The van der Waals surface area contributed by atoms with Crippen molar-refractivity contribution in [3.05, 3.63) is 11.9 Å². The summed E-state index contributed by atoms with van der Waals surface area (Å²) in [5.41, 5.74) is 0.589. The van der Waals surface area contributed by atoms with Gasteiger partial charge in [0.25, 0.3) is 0 Å². The molecule has 7 heteroatoms. The third kappa shape index (κ3) is 3.68. The smallest absolute Gasteiger partial charge is 0.214 e. The fraction of sp³-hybridized carbons (Fsp3) is 0.778. The van der Waals surface area contributed by atoms with Crippen LogP contribution in [-0.2, 0) is 0 Å². The van der Waals surface area contributed by atoms with E-state index in [4.69, 9.17) is 10.1 Å². The van der Waals surface area contributed by atoms with Crippen LogP contribution in [0, 0.1) is 0 Å². The molecule has 0 amide bonds. The molecule has 1 saturated heterocycles. The molecule has 0 spiro atoms. The number of aromatic nitrogens is 3. The predicted molar refractivity (Wildman–Crippen MR) is 102 cm³/mol. The Bertz CT molecular complexity index is 696. The van der Waals surface area contributed by atoms with Crippen LogP contribution in [0.3, 0.4) is 0 Å². The minimum Gasteiger partial charge on any atom is -0.389 e. The van der Waals surface area contributed by atoms with E-state index in [1.165, 1.54) is 31.4 Å². The van der Waals surface area contributed by atoms with E-state index in [-0.39, 0.29) is 0 Å². The number of anilines is 1. The number of rotatable bonds is 4. The van der Waals surface area contributed by atoms with Gasteiger partial charge in [0, 0.05) is 38.1 Å². The summed E-state index contributed by atoms with van der Waals surface area (Å²) in [7, 11) is 0. The summed E-state index contributed by atoms with van der Waals surface area (Å²) < 4.78 is 1.98. The maximum absolute atomic E-state index is 10.0. The second-order valence-electron chi connectivity index (χ2n) is 8.35. The number of hydrogen-bond acceptors (Lipinski definition) is 6. The first-order valence-electron chi connectivity index (χ1n) is 9.46. The highest BCUT2D eigenvalue weighted by Gasteiger charge is 2.29. The molecule has 1 N–H and O–H groups in total. The van der Waals surface area contributed by atoms with Crippen molar-refractivity contribution in [1.82, 2.24) is 19.5 Å². The van der Waals surface area contributed by atoms with Crippen molar-refractivity contribution in [2.75, 3.05) is 31.1 Å². The average Bonchev–Trinajstić information content (AvgIpc) is 3.20. The third-order valence-corrected chi connectivity index (χ3v) is 6.35. The van der Waals surface area contributed by atoms with E-state index in [2.05, 4.69) is 22.9 Å². The van der Waals surface area contributed by atoms with E-state index < -0.39 is 5.60 Å². The van der Waals surface area contributed by atoms with Crippen LogP contribution in [0.1, 0.15) is 58.1 Å². The van der Waals surface area contributed by atoms with E-state index in [1.54, 1.807) is 11.3 Å². The zero-order valence-corrected chi connectivity index (χ0v) is 16.3. The topological polar surface area (TPSA) is 56.9 Å². The lowest BCUT2D eigenvalue weighted by atomic mass is 10.1. The number of nitrogens with zero attached hydrogens (tertiary/aromatic N) is 5. The Hall–Kier alpha value is -1.18. The quantitative estimate of drug-likeness (QED) is 0.905. The first kappa shape index (κ1) is 17.2. The molecule has 1 atom stereocenters. The number of piperazine rings is 1. The molecule has 1 saturated carbocycles. The molecule has 0 radical (unpaired) electrons. The second-order valence-corrected chi connectivity index (χ2v) is 9.28. The fourth-order valence-corrected chi connectivity index (χ4v) is 5.27. The molecule has 2 aromatic rings. The summed E-state index contributed by atoms with van der Waals surface area (Å²) in [6.45, 7) is 9.58. The Kier molecular flexibility index (Phi) is 4.50. The highest BCUT2D eigenvalue weighted by molar-refractivity contribution is 7.20. The Balaban J connectivity index is 1.46. The number of hydrogen-bond donors (Lipinski definition) is 1. The Labute approximate surface area is 153 Å². The highest BCUT2D eigenvalue weighted by Crippen LogP contribution is 2.35. The van der Waals surface area contributed by atoms with E-state index in [9.17, 15) is 5.11 Å². The maximum atomic E-state index is 10.0. The van der Waals surface area contributed by atoms with Crippen LogP contribution in [0.2, 0.25) is 0 Å². The van der Waals surface area contributed by atoms with Gasteiger partial charge in [-0.15, -0.1) is 5.10 Å². The first-order chi connectivity index (χ1) is 11.9. The summed E-state index contributed by atoms with van der Waals surface area (Å²) >= 11 is 1.70. The van der Waals surface area contributed by atoms with Gasteiger partial charge in [0.2, 0.25) is 10.1 Å². The Morgan fingerprint density at radius 3 is 2.68 bits per heavy atom. The van der Waals surface area contributed by atoms with Crippen LogP contribution >= 0.6 is 11.3 Å². The zero-order valence-electron chi connectivity index (χ0n) is 15.5. The predicted octanol–water partition coefficient (Wildman–Crippen LogP) is 2.73. The van der Waals surface area contributed by atoms with Gasteiger partial charge < -0.3 is 10.0 Å². The molecule has 0 aromatic carbocycles. The van der Waals surface area contributed by atoms with Gasteiger partial charge in [-0.2, -0.15) is 0 Å². The van der Waals surface area contributed by atoms with Crippen LogP contribution in [-0.4, -0.2) is 62.4 Å². The second kappa shape index (κ2) is 6.52. The molecule has 0 bridgehead atoms. The molecule has 6 nitrogen and oxygen atoms in total. The number of β-amino-alcohol motifs (C(OH)–C–C–N with tert-alkyl or cyclic N) is 1. The lowest BCUT2D eigenvalue weighted by molar-refractivity contribution is 0.0308. The molecule has 1 unspecified atom stereocenters. The molecule has 2 aliphatic rings. The number of imidazole rings is 1. The van der Waals surface area contributed by atoms with E-state index in [1.807, 2.05) is 18.4 Å². The van der Waals surface area contributed by atoms with Crippen molar-refractivity contribution in [3.63, 3.8) is 0 Å². The fourth-order valence-electron chi connectivity index (χ4n) is 4.25. The molecule has 4 rings (SSSR count). The molecule has 2 aromatic heterocycles. The Morgan fingerprint density at radius 2 is 2.04 bits per heavy atom. The summed E-state index contributed by atoms with van der Waals surface area (Å²) in [5, 5.41) is 15.9. The lowest BCUT2D eigenvalue weighted by Gasteiger charge is -2.41. The summed E-state index contributed by atoms with van der Waals surface area (Å²) in [6, 6.07) is 0.390. The zero-order chi connectivity index (χ0) is 17.6. The van der Waals surface area contributed by atoms with Gasteiger partial charge in [-0.05, 0) is 33.6 Å². The molecule has 1 aliphatic carbocycles. The van der Waals surface area contributed by atoms with Crippen LogP contribution in [0.15, 0.2) is 6.20 Å². The van der Waals surface area contributed by atoms with Crippen LogP contribution in [0.4, 0.5) is 5.13 Å². The third-order valence-electron chi connectivity index (χ3n) is 5.39. The number of aliphatic hydroxyl groups is 1. The van der Waals surface area contributed by atoms with Crippen LogP contribution in [0.5, 0.6) is 0 Å². The lowest BCUT2D eigenvalue weighted by Crippen LogP contribution is -2.54. The van der Waals surface area contributed by atoms with Gasteiger partial charge in [0.1, 0.15) is 0 Å². The van der Waals surface area contributed by atoms with E-state index in [0.717, 1.165) is 36.3 Å². The van der Waals surface area contributed by atoms with Gasteiger partial charge in [0.15, 0.2) is 0 Å². The monoisotopic (exact) mass is 363 g/mol. The van der Waals surface area contributed by atoms with Gasteiger partial charge in [-0.1, -0.05) is 24.2 Å². The first-order valence-corrected chi connectivity index (χ1v) is 10.3. The number of fused-ring (bicyclic) bond motifs is 1. The largest absolute Gasteiger partial charge is 0.389 e. The van der Waals surface area contributed by atoms with Crippen molar-refractivity contribution < 1.29 is 5.11 Å². The molecule has 3 heterocycles. The van der Waals surface area contributed by atoms with Crippen molar-refractivity contribution >= 4 is 21.4 Å². The molecule has 2 fully saturated rings. The standard InChI is InChI=1S/C18H29N5OS/c1-13-10-21(12-18(2,3)24)8-9-22(13)17-20-23-11-15(19-16(23)25-17)14-6-4-5-7-14/h11,13-14,24H,4-10,12H2,1-3H3. The molecular formula is C18H29N5OS. The maximum Gasteiger partial charge on any atom is 0.214 e. The highest BCUT2D eigenvalue weighted by atomic mass is 32.1. The molecule has 25 heavy (non-hydrogen) atoms. The van der Waals surface area contributed by atoms with Crippen LogP contribution < -0.4 is 4.90 Å². The van der Waals surface area contributed by atoms with E-state index in [0.29, 0.717) is 12.0 Å². The molecular weight excluding hydrogens is 334 g/mol. The van der Waals surface area contributed by atoms with Gasteiger partial charge in [0.05, 0.1) is 17.5 Å². The SMILES string of the molecule is CC1CN(CC(C)(C)O)CCN1c1nn2cc(C3CCCC3)nc2s1. The van der Waals surface area contributed by atoms with Gasteiger partial charge in [-0.3, -0.25) is 4.90 Å². The van der Waals surface area contributed by atoms with Crippen molar-refractivity contribution in [1.29, 1.82) is 0 Å². The van der Waals surface area contributed by atoms with Crippen molar-refractivity contribution in [2.45, 2.75) is 64.0 Å². The minimum atomic E-state index is -0.638. The molecule has 1 aliphatic heterocycles. The minimum absolute atomic E-state index is 0.390. The normalized spacial score (nSPS) is 23.8. The Morgan fingerprint density at radius 1 is 1.28 bits per heavy atom. The molecule has 138 valence electrons. The van der Waals surface area contributed by atoms with Crippen molar-refractivity contribution in [3.8, 4) is 0 Å². The van der Waals surface area contributed by atoms with E-state index >= 15 is 0 Å². The summed E-state index contributed by atoms with van der Waals surface area (Å²) in [4.78, 5) is 10.6. The van der Waals surface area contributed by atoms with Gasteiger partial charge in [-0.25, -0.2) is 9.50 Å². The van der Waals surface area contributed by atoms with Gasteiger partial charge >= 0.3 is 0 Å².